The number of amides is 2. The van der Waals surface area contributed by atoms with Gasteiger partial charge in [0.25, 0.3) is 20.0 Å². The van der Waals surface area contributed by atoms with Gasteiger partial charge in [0.15, 0.2) is 10.1 Å². The van der Waals surface area contributed by atoms with Gasteiger partial charge >= 0.3 is 11.8 Å². The van der Waals surface area contributed by atoms with Crippen LogP contribution in [0.1, 0.15) is 65.2 Å². The molecule has 2 saturated heterocycles. The molecule has 0 radical (unpaired) electrons. The summed E-state index contributed by atoms with van der Waals surface area (Å²) in [5, 5.41) is 25.0. The van der Waals surface area contributed by atoms with Gasteiger partial charge in [-0.1, -0.05) is 12.1 Å². The number of sulfonamides is 2. The zero-order chi connectivity index (χ0) is 32.8. The van der Waals surface area contributed by atoms with E-state index in [-0.39, 0.29) is 61.9 Å². The molecule has 4 rings (SSSR count). The Bertz CT molecular complexity index is 1530. The summed E-state index contributed by atoms with van der Waals surface area (Å²) in [5.41, 5.74) is -1.20. The van der Waals surface area contributed by atoms with E-state index in [2.05, 4.69) is 9.97 Å². The summed E-state index contributed by atoms with van der Waals surface area (Å²) in [4.78, 5) is 34.1. The van der Waals surface area contributed by atoms with Crippen LogP contribution in [0.25, 0.3) is 0 Å². The Hall–Kier alpha value is -2.70. The first-order valence-corrected chi connectivity index (χ1v) is 18.1. The number of nitrogens with one attached hydrogen (secondary N) is 2. The van der Waals surface area contributed by atoms with Crippen molar-refractivity contribution in [2.75, 3.05) is 26.2 Å². The molecular weight excluding hydrogens is 624 g/mol. The van der Waals surface area contributed by atoms with E-state index in [0.29, 0.717) is 25.7 Å². The molecule has 2 aromatic rings. The number of hydrogen-bond donors (Lipinski definition) is 2. The molecule has 2 N–H and O–H groups in total. The Labute approximate surface area is 264 Å². The van der Waals surface area contributed by atoms with E-state index >= 15 is 0 Å². The first kappa shape index (κ1) is 35.2. The highest BCUT2D eigenvalue weighted by molar-refractivity contribution is 7.89. The molecule has 2 aliphatic heterocycles. The molecule has 4 atom stereocenters. The van der Waals surface area contributed by atoms with E-state index in [1.54, 1.807) is 38.1 Å². The molecule has 0 saturated carbocycles. The van der Waals surface area contributed by atoms with Crippen LogP contribution >= 0.6 is 0 Å². The van der Waals surface area contributed by atoms with Crippen LogP contribution in [-0.2, 0) is 29.6 Å². The molecule has 4 unspecified atom stereocenters. The highest BCUT2D eigenvalue weighted by Crippen LogP contribution is 2.23. The van der Waals surface area contributed by atoms with Crippen molar-refractivity contribution in [3.05, 3.63) is 59.2 Å². The number of pyridine rings is 2. The number of quaternary nitrogens is 2. The third kappa shape index (κ3) is 8.37. The van der Waals surface area contributed by atoms with Gasteiger partial charge in [0.2, 0.25) is 0 Å². The lowest BCUT2D eigenvalue weighted by Crippen LogP contribution is -3.15. The van der Waals surface area contributed by atoms with Gasteiger partial charge in [-0.05, 0) is 57.4 Å². The van der Waals surface area contributed by atoms with Crippen molar-refractivity contribution < 1.29 is 36.6 Å². The SMILES string of the molecule is CC(C)(CCC(=O)[NH+]([O-])C1CCCN(S(=O)(=O)c2ccccn2)CC1)C(=O)[NH+]([O-])C1CCCN(S(=O)(=O)c2ccccn2)CC1. The van der Waals surface area contributed by atoms with E-state index in [1.807, 2.05) is 0 Å². The maximum absolute atomic E-state index is 13.3. The maximum atomic E-state index is 13.3. The molecule has 0 aliphatic carbocycles. The molecule has 2 fully saturated rings. The molecule has 45 heavy (non-hydrogen) atoms. The minimum Gasteiger partial charge on any atom is -0.627 e. The fraction of sp³-hybridized carbons (Fsp3) is 0.586. The summed E-state index contributed by atoms with van der Waals surface area (Å²) in [6.07, 6.45) is 4.54. The minimum absolute atomic E-state index is 0.00193. The summed E-state index contributed by atoms with van der Waals surface area (Å²) in [6, 6.07) is 7.98. The highest BCUT2D eigenvalue weighted by atomic mass is 32.2. The topological polar surface area (TPSA) is 190 Å². The lowest BCUT2D eigenvalue weighted by atomic mass is 9.85. The first-order chi connectivity index (χ1) is 21.2. The molecule has 0 spiro atoms. The molecule has 2 amide bonds. The molecule has 2 aliphatic rings. The second-order valence-corrected chi connectivity index (χ2v) is 16.0. The highest BCUT2D eigenvalue weighted by Gasteiger charge is 2.40. The third-order valence-electron chi connectivity index (χ3n) is 8.69. The van der Waals surface area contributed by atoms with Gasteiger partial charge in [0.05, 0.1) is 23.9 Å². The normalized spacial score (nSPS) is 22.6. The van der Waals surface area contributed by atoms with Crippen molar-refractivity contribution in [1.29, 1.82) is 0 Å². The first-order valence-electron chi connectivity index (χ1n) is 15.2. The molecule has 14 nitrogen and oxygen atoms in total. The molecular formula is C29H42N6O8S2. The Morgan fingerprint density at radius 2 is 1.24 bits per heavy atom. The van der Waals surface area contributed by atoms with Crippen LogP contribution in [-0.4, -0.2) is 85.5 Å². The molecule has 4 heterocycles. The Kier molecular flexibility index (Phi) is 11.6. The quantitative estimate of drug-likeness (QED) is 0.324. The van der Waals surface area contributed by atoms with E-state index < -0.39 is 59.5 Å². The molecule has 0 aromatic carbocycles. The Morgan fingerprint density at radius 3 is 1.69 bits per heavy atom. The largest absolute Gasteiger partial charge is 0.627 e. The van der Waals surface area contributed by atoms with Crippen LogP contribution in [0.15, 0.2) is 58.8 Å². The standard InChI is InChI=1S/C29H42N6O8S2/c1-29(2,28(37)35(39)24-10-8-20-33(22-15-24)45(42,43)26-12-4-6-18-31-26)16-13-27(36)34(38)23-9-7-19-32(21-14-23)44(40,41)25-11-3-5-17-30-25/h3-6,11-12,17-18,23-24,34-35H,7-10,13-16,19-22H2,1-2H3. The van der Waals surface area contributed by atoms with Gasteiger partial charge in [0, 0.05) is 64.3 Å². The van der Waals surface area contributed by atoms with Gasteiger partial charge in [-0.3, -0.25) is 0 Å². The fourth-order valence-electron chi connectivity index (χ4n) is 5.82. The molecule has 248 valence electrons. The summed E-state index contributed by atoms with van der Waals surface area (Å²) in [7, 11) is -7.64. The zero-order valence-electron chi connectivity index (χ0n) is 25.6. The van der Waals surface area contributed by atoms with Gasteiger partial charge < -0.3 is 20.5 Å². The van der Waals surface area contributed by atoms with Crippen LogP contribution in [0.2, 0.25) is 0 Å². The fourth-order valence-corrected chi connectivity index (χ4v) is 8.67. The number of carbonyl (C=O) groups is 2. The van der Waals surface area contributed by atoms with Crippen LogP contribution in [0.3, 0.4) is 0 Å². The summed E-state index contributed by atoms with van der Waals surface area (Å²) >= 11 is 0. The predicted octanol–water partition coefficient (Wildman–Crippen LogP) is -0.112. The molecule has 0 bridgehead atoms. The number of hydroxylamine groups is 4. The monoisotopic (exact) mass is 666 g/mol. The Morgan fingerprint density at radius 1 is 0.778 bits per heavy atom. The van der Waals surface area contributed by atoms with Crippen LogP contribution < -0.4 is 10.1 Å². The molecule has 2 aromatic heterocycles. The lowest BCUT2D eigenvalue weighted by Gasteiger charge is -2.35. The van der Waals surface area contributed by atoms with Crippen molar-refractivity contribution >= 4 is 31.9 Å². The Balaban J connectivity index is 1.29. The molecule has 16 heteroatoms. The van der Waals surface area contributed by atoms with Crippen LogP contribution in [0.5, 0.6) is 0 Å². The van der Waals surface area contributed by atoms with Crippen molar-refractivity contribution in [2.24, 2.45) is 5.41 Å². The van der Waals surface area contributed by atoms with E-state index in [9.17, 15) is 36.8 Å². The number of rotatable bonds is 10. The second kappa shape index (κ2) is 14.8. The van der Waals surface area contributed by atoms with E-state index in [0.717, 1.165) is 0 Å². The average molecular weight is 667 g/mol. The second-order valence-electron chi connectivity index (χ2n) is 12.3. The zero-order valence-corrected chi connectivity index (χ0v) is 27.3. The van der Waals surface area contributed by atoms with Gasteiger partial charge in [0.1, 0.15) is 0 Å². The maximum Gasteiger partial charge on any atom is 0.317 e. The van der Waals surface area contributed by atoms with Crippen LogP contribution in [0, 0.1) is 15.8 Å². The van der Waals surface area contributed by atoms with Crippen molar-refractivity contribution in [3.8, 4) is 0 Å². The number of nitrogens with zero attached hydrogens (tertiary/aromatic N) is 4. The average Bonchev–Trinajstić information content (AvgIpc) is 3.46. The van der Waals surface area contributed by atoms with Gasteiger partial charge in [-0.25, -0.2) is 36.4 Å². The third-order valence-corrected chi connectivity index (χ3v) is 12.3. The van der Waals surface area contributed by atoms with Gasteiger partial charge in [-0.2, -0.15) is 8.61 Å². The van der Waals surface area contributed by atoms with E-state index in [1.165, 1.54) is 33.1 Å². The van der Waals surface area contributed by atoms with Crippen molar-refractivity contribution in [1.82, 2.24) is 18.6 Å². The number of hydrogen-bond acceptors (Lipinski definition) is 10. The summed E-state index contributed by atoms with van der Waals surface area (Å²) in [5.74, 6) is -1.28. The van der Waals surface area contributed by atoms with Crippen molar-refractivity contribution in [2.45, 2.75) is 87.3 Å². The minimum atomic E-state index is -3.82. The van der Waals surface area contributed by atoms with Crippen molar-refractivity contribution in [3.63, 3.8) is 0 Å². The number of aromatic nitrogens is 2. The van der Waals surface area contributed by atoms with Gasteiger partial charge in [-0.15, -0.1) is 0 Å². The summed E-state index contributed by atoms with van der Waals surface area (Å²) in [6.45, 7) is 3.75. The lowest BCUT2D eigenvalue weighted by molar-refractivity contribution is -0.800. The smallest absolute Gasteiger partial charge is 0.317 e. The van der Waals surface area contributed by atoms with E-state index in [4.69, 9.17) is 0 Å². The predicted molar refractivity (Wildman–Crippen MR) is 163 cm³/mol. The summed E-state index contributed by atoms with van der Waals surface area (Å²) < 4.78 is 54.5. The van der Waals surface area contributed by atoms with Crippen LogP contribution in [0.4, 0.5) is 0 Å². The number of carbonyl (C=O) groups excluding carboxylic acids is 2.